The number of fused-ring (bicyclic) bond motifs is 2. The number of carboxylic acid groups (broad SMARTS) is 1. The molecule has 3 heterocycles. The summed E-state index contributed by atoms with van der Waals surface area (Å²) in [5, 5.41) is 14.6. The number of rotatable bonds is 6. The Hall–Kier alpha value is -4.97. The molecule has 2 aromatic heterocycles. The maximum atomic E-state index is 12.5. The summed E-state index contributed by atoms with van der Waals surface area (Å²) >= 11 is 0. The van der Waals surface area contributed by atoms with E-state index in [2.05, 4.69) is 25.6 Å². The van der Waals surface area contributed by atoms with Crippen molar-refractivity contribution < 1.29 is 29.0 Å². The Morgan fingerprint density at radius 1 is 1.19 bits per heavy atom. The van der Waals surface area contributed by atoms with Gasteiger partial charge in [0.05, 0.1) is 18.3 Å². The summed E-state index contributed by atoms with van der Waals surface area (Å²) in [6.07, 6.45) is 2.41. The standard InChI is InChI=1S/C17H13N5O5.C8H11NO/c23-12-6-27-11-2-1-8(3-10(11)22-12)4-19-16(24)15-14-13(20-7-21-15)9(5-18-14)17(25)26;1-10-8-4-2-3-7(5-8)6-9/h1-3,5,7,18H,4,6H2,(H,19,24)(H,22,23)(H,25,26);2-5H,6,9H2,1H3. The normalized spacial score (nSPS) is 11.9. The fourth-order valence-electron chi connectivity index (χ4n) is 3.58. The van der Waals surface area contributed by atoms with E-state index in [-0.39, 0.29) is 41.3 Å². The van der Waals surface area contributed by atoms with Crippen molar-refractivity contribution in [3.63, 3.8) is 0 Å². The summed E-state index contributed by atoms with van der Waals surface area (Å²) in [7, 11) is 1.65. The highest BCUT2D eigenvalue weighted by atomic mass is 16.5. The summed E-state index contributed by atoms with van der Waals surface area (Å²) in [5.41, 5.74) is 8.22. The Balaban J connectivity index is 0.000000270. The molecule has 4 aromatic rings. The van der Waals surface area contributed by atoms with Crippen LogP contribution in [0, 0.1) is 0 Å². The summed E-state index contributed by atoms with van der Waals surface area (Å²) < 4.78 is 10.3. The van der Waals surface area contributed by atoms with Gasteiger partial charge in [-0.05, 0) is 35.4 Å². The number of hydrogen-bond acceptors (Lipinski definition) is 8. The van der Waals surface area contributed by atoms with Crippen LogP contribution in [0.15, 0.2) is 55.0 Å². The second-order valence-electron chi connectivity index (χ2n) is 7.86. The number of carbonyl (C=O) groups is 3. The molecule has 6 N–H and O–H groups in total. The van der Waals surface area contributed by atoms with Gasteiger partial charge in [-0.1, -0.05) is 18.2 Å². The van der Waals surface area contributed by atoms with E-state index in [1.807, 2.05) is 24.3 Å². The van der Waals surface area contributed by atoms with Crippen molar-refractivity contribution in [1.29, 1.82) is 0 Å². The predicted octanol–water partition coefficient (Wildman–Crippen LogP) is 2.07. The Labute approximate surface area is 210 Å². The molecule has 0 radical (unpaired) electrons. The number of H-pyrrole nitrogens is 1. The SMILES string of the molecule is COc1cccc(CN)c1.O=C1COc2ccc(CNC(=O)c3ncnc4c(C(=O)O)c[nH]c34)cc2N1. The van der Waals surface area contributed by atoms with E-state index < -0.39 is 11.9 Å². The third-order valence-corrected chi connectivity index (χ3v) is 5.41. The van der Waals surface area contributed by atoms with Gasteiger partial charge < -0.3 is 35.9 Å². The smallest absolute Gasteiger partial charge is 0.339 e. The first-order valence-corrected chi connectivity index (χ1v) is 11.1. The number of nitrogens with zero attached hydrogens (tertiary/aromatic N) is 2. The van der Waals surface area contributed by atoms with E-state index in [1.165, 1.54) is 6.20 Å². The largest absolute Gasteiger partial charge is 0.497 e. The molecule has 12 nitrogen and oxygen atoms in total. The molecule has 12 heteroatoms. The van der Waals surface area contributed by atoms with Crippen LogP contribution in [0.1, 0.15) is 32.0 Å². The number of hydrogen-bond donors (Lipinski definition) is 5. The Morgan fingerprint density at radius 2 is 2.03 bits per heavy atom. The molecule has 2 amide bonds. The van der Waals surface area contributed by atoms with Crippen molar-refractivity contribution in [3.8, 4) is 11.5 Å². The lowest BCUT2D eigenvalue weighted by Crippen LogP contribution is -2.26. The number of benzene rings is 2. The minimum atomic E-state index is -1.15. The number of ether oxygens (including phenoxy) is 2. The quantitative estimate of drug-likeness (QED) is 0.262. The molecule has 190 valence electrons. The van der Waals surface area contributed by atoms with Crippen molar-refractivity contribution in [2.45, 2.75) is 13.1 Å². The summed E-state index contributed by atoms with van der Waals surface area (Å²) in [6, 6.07) is 12.9. The summed E-state index contributed by atoms with van der Waals surface area (Å²) in [6.45, 7) is 0.721. The molecule has 2 aromatic carbocycles. The number of aromatic amines is 1. The zero-order chi connectivity index (χ0) is 26.4. The minimum Gasteiger partial charge on any atom is -0.497 e. The van der Waals surface area contributed by atoms with Crippen molar-refractivity contribution in [2.75, 3.05) is 19.0 Å². The van der Waals surface area contributed by atoms with E-state index in [0.717, 1.165) is 23.2 Å². The zero-order valence-electron chi connectivity index (χ0n) is 19.8. The average molecular weight is 505 g/mol. The van der Waals surface area contributed by atoms with Crippen LogP contribution < -0.4 is 25.8 Å². The minimum absolute atomic E-state index is 0.0265. The van der Waals surface area contributed by atoms with Crippen LogP contribution in [0.2, 0.25) is 0 Å². The first kappa shape index (κ1) is 25.1. The highest BCUT2D eigenvalue weighted by Gasteiger charge is 2.20. The van der Waals surface area contributed by atoms with Crippen molar-refractivity contribution in [2.24, 2.45) is 5.73 Å². The number of carboxylic acids is 1. The lowest BCUT2D eigenvalue weighted by molar-refractivity contribution is -0.118. The fourth-order valence-corrected chi connectivity index (χ4v) is 3.58. The predicted molar refractivity (Wildman–Crippen MR) is 133 cm³/mol. The lowest BCUT2D eigenvalue weighted by atomic mass is 10.1. The van der Waals surface area contributed by atoms with Gasteiger partial charge in [0, 0.05) is 19.3 Å². The molecular weight excluding hydrogens is 480 g/mol. The van der Waals surface area contributed by atoms with Crippen molar-refractivity contribution in [1.82, 2.24) is 20.3 Å². The number of aromatic nitrogens is 3. The zero-order valence-corrected chi connectivity index (χ0v) is 19.8. The maximum Gasteiger partial charge on any atom is 0.339 e. The third-order valence-electron chi connectivity index (χ3n) is 5.41. The highest BCUT2D eigenvalue weighted by Crippen LogP contribution is 2.28. The molecule has 0 bridgehead atoms. The van der Waals surface area contributed by atoms with E-state index in [9.17, 15) is 14.4 Å². The van der Waals surface area contributed by atoms with Crippen LogP contribution in [0.3, 0.4) is 0 Å². The van der Waals surface area contributed by atoms with Crippen LogP contribution in [-0.2, 0) is 17.9 Å². The van der Waals surface area contributed by atoms with Crippen molar-refractivity contribution in [3.05, 3.63) is 77.4 Å². The van der Waals surface area contributed by atoms with Crippen molar-refractivity contribution >= 4 is 34.5 Å². The molecule has 0 saturated carbocycles. The number of anilines is 1. The number of methoxy groups -OCH3 is 1. The van der Waals surface area contributed by atoms with Gasteiger partial charge in [-0.3, -0.25) is 9.59 Å². The Kier molecular flexibility index (Phi) is 7.59. The number of nitrogens with two attached hydrogens (primary N) is 1. The van der Waals surface area contributed by atoms with E-state index >= 15 is 0 Å². The number of carbonyl (C=O) groups excluding carboxylic acids is 2. The molecule has 0 spiro atoms. The molecule has 1 aliphatic heterocycles. The third kappa shape index (κ3) is 5.82. The van der Waals surface area contributed by atoms with E-state index in [0.29, 0.717) is 18.0 Å². The Morgan fingerprint density at radius 3 is 2.78 bits per heavy atom. The molecule has 0 saturated heterocycles. The van der Waals surface area contributed by atoms with Gasteiger partial charge in [-0.15, -0.1) is 0 Å². The first-order valence-electron chi connectivity index (χ1n) is 11.1. The van der Waals surface area contributed by atoms with Gasteiger partial charge in [-0.2, -0.15) is 0 Å². The average Bonchev–Trinajstić information content (AvgIpc) is 3.36. The lowest BCUT2D eigenvalue weighted by Gasteiger charge is -2.18. The number of nitrogens with one attached hydrogen (secondary N) is 3. The second-order valence-corrected chi connectivity index (χ2v) is 7.86. The molecule has 0 unspecified atom stereocenters. The van der Waals surface area contributed by atoms with Gasteiger partial charge >= 0.3 is 5.97 Å². The van der Waals surface area contributed by atoms with Gasteiger partial charge in [0.1, 0.15) is 28.9 Å². The molecule has 0 fully saturated rings. The molecule has 0 aliphatic carbocycles. The topological polar surface area (TPSA) is 182 Å². The van der Waals surface area contributed by atoms with Gasteiger partial charge in [0.15, 0.2) is 12.3 Å². The molecule has 5 rings (SSSR count). The van der Waals surface area contributed by atoms with Crippen LogP contribution in [-0.4, -0.2) is 51.6 Å². The van der Waals surface area contributed by atoms with Gasteiger partial charge in [-0.25, -0.2) is 14.8 Å². The summed E-state index contributed by atoms with van der Waals surface area (Å²) in [5.74, 6) is -0.449. The monoisotopic (exact) mass is 504 g/mol. The van der Waals surface area contributed by atoms with Gasteiger partial charge in [0.2, 0.25) is 0 Å². The van der Waals surface area contributed by atoms with Crippen LogP contribution in [0.5, 0.6) is 11.5 Å². The molecule has 37 heavy (non-hydrogen) atoms. The molecular formula is C25H24N6O6. The van der Waals surface area contributed by atoms with Crippen LogP contribution in [0.4, 0.5) is 5.69 Å². The van der Waals surface area contributed by atoms with E-state index in [4.69, 9.17) is 20.3 Å². The second kappa shape index (κ2) is 11.2. The fraction of sp³-hybridized carbons (Fsp3) is 0.160. The van der Waals surface area contributed by atoms with Crippen LogP contribution in [0.25, 0.3) is 11.0 Å². The Bertz CT molecular complexity index is 1450. The van der Waals surface area contributed by atoms with E-state index in [1.54, 1.807) is 25.3 Å². The summed E-state index contributed by atoms with van der Waals surface area (Å²) in [4.78, 5) is 45.7. The molecule has 1 aliphatic rings. The number of amides is 2. The molecule has 0 atom stereocenters. The number of aromatic carboxylic acids is 1. The van der Waals surface area contributed by atoms with Gasteiger partial charge in [0.25, 0.3) is 11.8 Å². The highest BCUT2D eigenvalue weighted by molar-refractivity contribution is 6.08. The van der Waals surface area contributed by atoms with Crippen LogP contribution >= 0.6 is 0 Å². The maximum absolute atomic E-state index is 12.5. The first-order chi connectivity index (χ1) is 17.9.